The topological polar surface area (TPSA) is 77.5 Å². The van der Waals surface area contributed by atoms with E-state index in [0.29, 0.717) is 44.6 Å². The van der Waals surface area contributed by atoms with Gasteiger partial charge >= 0.3 is 5.97 Å². The van der Waals surface area contributed by atoms with Gasteiger partial charge in [0.15, 0.2) is 16.6 Å². The van der Waals surface area contributed by atoms with Crippen molar-refractivity contribution in [2.45, 2.75) is 6.61 Å². The molecule has 0 spiro atoms. The summed E-state index contributed by atoms with van der Waals surface area (Å²) < 4.78 is 22.2. The highest BCUT2D eigenvalue weighted by molar-refractivity contribution is 9.10. The number of thiocarbonyl (C=S) groups is 1. The van der Waals surface area contributed by atoms with Crippen LogP contribution in [0.2, 0.25) is 5.02 Å². The van der Waals surface area contributed by atoms with E-state index in [1.807, 2.05) is 12.1 Å². The number of ether oxygens (including phenoxy) is 4. The molecule has 1 aliphatic heterocycles. The fourth-order valence-corrected chi connectivity index (χ4v) is 4.72. The Labute approximate surface area is 244 Å². The van der Waals surface area contributed by atoms with Crippen molar-refractivity contribution in [3.05, 3.63) is 87.0 Å². The molecule has 0 bridgehead atoms. The summed E-state index contributed by atoms with van der Waals surface area (Å²) in [5.41, 5.74) is 2.28. The van der Waals surface area contributed by atoms with E-state index in [4.69, 9.17) is 42.8 Å². The smallest absolute Gasteiger partial charge is 0.325 e. The second-order valence-electron chi connectivity index (χ2n) is 8.25. The van der Waals surface area contributed by atoms with Gasteiger partial charge in [-0.15, -0.1) is 0 Å². The zero-order chi connectivity index (χ0) is 28.1. The maximum atomic E-state index is 13.6. The highest BCUT2D eigenvalue weighted by atomic mass is 79.9. The minimum absolute atomic E-state index is 0.146. The standard InChI is InChI=1S/C28H24BrClN2O6S/c1-35-21-10-8-20(9-11-21)32-27(34)23(31(28(32)39)15-26(33)37-3)12-18-13-24(36-2)25(14-22(18)29)38-16-17-4-6-19(30)7-5-17/h4-14H,15-16H2,1-3H3/b23-12-. The predicted molar refractivity (Wildman–Crippen MR) is 156 cm³/mol. The van der Waals surface area contributed by atoms with Gasteiger partial charge in [-0.05, 0) is 78.0 Å². The molecule has 1 amide bonds. The van der Waals surface area contributed by atoms with Crippen LogP contribution in [0.5, 0.6) is 17.2 Å². The first-order valence-electron chi connectivity index (χ1n) is 11.6. The molecule has 1 aliphatic rings. The van der Waals surface area contributed by atoms with Crippen LogP contribution in [0.3, 0.4) is 0 Å². The third kappa shape index (κ3) is 6.35. The molecule has 3 aromatic carbocycles. The number of amides is 1. The van der Waals surface area contributed by atoms with Crippen molar-refractivity contribution >= 4 is 68.5 Å². The Bertz CT molecular complexity index is 1430. The van der Waals surface area contributed by atoms with E-state index in [1.165, 1.54) is 24.0 Å². The Morgan fingerprint density at radius 3 is 2.31 bits per heavy atom. The first-order chi connectivity index (χ1) is 18.7. The monoisotopic (exact) mass is 630 g/mol. The number of carbonyl (C=O) groups is 2. The van der Waals surface area contributed by atoms with Crippen molar-refractivity contribution in [3.8, 4) is 17.2 Å². The Morgan fingerprint density at radius 2 is 1.69 bits per heavy atom. The van der Waals surface area contributed by atoms with E-state index in [1.54, 1.807) is 61.7 Å². The van der Waals surface area contributed by atoms with Gasteiger partial charge in [0.25, 0.3) is 5.91 Å². The molecule has 39 heavy (non-hydrogen) atoms. The number of carbonyl (C=O) groups excluding carboxylic acids is 2. The van der Waals surface area contributed by atoms with Gasteiger partial charge in [0.05, 0.1) is 27.0 Å². The first kappa shape index (κ1) is 28.4. The third-order valence-electron chi connectivity index (χ3n) is 5.86. The van der Waals surface area contributed by atoms with Crippen LogP contribution in [0, 0.1) is 0 Å². The average molecular weight is 632 g/mol. The molecule has 0 unspecified atom stereocenters. The molecule has 0 saturated carbocycles. The fourth-order valence-electron chi connectivity index (χ4n) is 3.81. The largest absolute Gasteiger partial charge is 0.497 e. The van der Waals surface area contributed by atoms with Crippen LogP contribution in [0.1, 0.15) is 11.1 Å². The van der Waals surface area contributed by atoms with Crippen molar-refractivity contribution in [3.63, 3.8) is 0 Å². The minimum Gasteiger partial charge on any atom is -0.497 e. The van der Waals surface area contributed by atoms with Crippen LogP contribution in [0.25, 0.3) is 6.08 Å². The molecule has 202 valence electrons. The van der Waals surface area contributed by atoms with E-state index < -0.39 is 11.9 Å². The van der Waals surface area contributed by atoms with Crippen LogP contribution >= 0.6 is 39.7 Å². The van der Waals surface area contributed by atoms with Crippen LogP contribution in [-0.4, -0.2) is 49.8 Å². The van der Waals surface area contributed by atoms with E-state index >= 15 is 0 Å². The number of halogens is 2. The van der Waals surface area contributed by atoms with Crippen LogP contribution < -0.4 is 19.1 Å². The Hall–Kier alpha value is -3.60. The van der Waals surface area contributed by atoms with Crippen molar-refractivity contribution in [1.82, 2.24) is 4.90 Å². The number of esters is 1. The summed E-state index contributed by atoms with van der Waals surface area (Å²) in [5.74, 6) is 0.644. The Balaban J connectivity index is 1.68. The third-order valence-corrected chi connectivity index (χ3v) is 7.21. The molecule has 1 heterocycles. The lowest BCUT2D eigenvalue weighted by atomic mass is 10.1. The molecule has 0 atom stereocenters. The number of anilines is 1. The molecule has 11 heteroatoms. The van der Waals surface area contributed by atoms with Gasteiger partial charge in [-0.25, -0.2) is 0 Å². The molecule has 0 N–H and O–H groups in total. The molecular formula is C28H24BrClN2O6S. The summed E-state index contributed by atoms with van der Waals surface area (Å²) in [6, 6.07) is 17.7. The van der Waals surface area contributed by atoms with E-state index in [9.17, 15) is 9.59 Å². The highest BCUT2D eigenvalue weighted by Crippen LogP contribution is 2.37. The number of benzene rings is 3. The van der Waals surface area contributed by atoms with E-state index in [0.717, 1.165) is 5.56 Å². The normalized spacial score (nSPS) is 14.1. The SMILES string of the molecule is COC(=O)CN1C(=S)N(c2ccc(OC)cc2)C(=O)/C1=C/c1cc(OC)c(OCc2ccc(Cl)cc2)cc1Br. The summed E-state index contributed by atoms with van der Waals surface area (Å²) >= 11 is 15.2. The Kier molecular flexibility index (Phi) is 9.11. The number of hydrogen-bond donors (Lipinski definition) is 0. The maximum absolute atomic E-state index is 13.6. The van der Waals surface area contributed by atoms with Gasteiger partial charge in [-0.2, -0.15) is 0 Å². The van der Waals surface area contributed by atoms with Crippen molar-refractivity contribution in [1.29, 1.82) is 0 Å². The second kappa shape index (κ2) is 12.5. The lowest BCUT2D eigenvalue weighted by molar-refractivity contribution is -0.140. The molecule has 1 saturated heterocycles. The Morgan fingerprint density at radius 1 is 1.00 bits per heavy atom. The zero-order valence-electron chi connectivity index (χ0n) is 21.3. The summed E-state index contributed by atoms with van der Waals surface area (Å²) in [6.45, 7) is 0.0630. The number of rotatable bonds is 9. The number of nitrogens with zero attached hydrogens (tertiary/aromatic N) is 2. The lowest BCUT2D eigenvalue weighted by Crippen LogP contribution is -2.35. The average Bonchev–Trinajstić information content (AvgIpc) is 3.17. The molecular weight excluding hydrogens is 608 g/mol. The van der Waals surface area contributed by atoms with Gasteiger partial charge in [0, 0.05) is 9.50 Å². The van der Waals surface area contributed by atoms with E-state index in [2.05, 4.69) is 15.9 Å². The zero-order valence-corrected chi connectivity index (χ0v) is 24.4. The molecule has 0 radical (unpaired) electrons. The van der Waals surface area contributed by atoms with Gasteiger partial charge in [-0.3, -0.25) is 14.5 Å². The van der Waals surface area contributed by atoms with Crippen LogP contribution in [0.15, 0.2) is 70.8 Å². The van der Waals surface area contributed by atoms with Gasteiger partial charge < -0.3 is 23.8 Å². The predicted octanol–water partition coefficient (Wildman–Crippen LogP) is 5.85. The van der Waals surface area contributed by atoms with Crippen LogP contribution in [0.4, 0.5) is 5.69 Å². The molecule has 4 rings (SSSR count). The highest BCUT2D eigenvalue weighted by Gasteiger charge is 2.40. The summed E-state index contributed by atoms with van der Waals surface area (Å²) in [5, 5.41) is 0.789. The molecule has 8 nitrogen and oxygen atoms in total. The van der Waals surface area contributed by atoms with Crippen molar-refractivity contribution in [2.75, 3.05) is 32.8 Å². The van der Waals surface area contributed by atoms with Crippen LogP contribution in [-0.2, 0) is 20.9 Å². The maximum Gasteiger partial charge on any atom is 0.325 e. The van der Waals surface area contributed by atoms with Gasteiger partial charge in [-0.1, -0.05) is 39.7 Å². The molecule has 0 aliphatic carbocycles. The quantitative estimate of drug-likeness (QED) is 0.166. The van der Waals surface area contributed by atoms with Gasteiger partial charge in [0.1, 0.15) is 24.6 Å². The minimum atomic E-state index is -0.546. The fraction of sp³-hybridized carbons (Fsp3) is 0.179. The lowest BCUT2D eigenvalue weighted by Gasteiger charge is -2.19. The van der Waals surface area contributed by atoms with E-state index in [-0.39, 0.29) is 17.4 Å². The molecule has 3 aromatic rings. The summed E-state index contributed by atoms with van der Waals surface area (Å²) in [7, 11) is 4.36. The number of hydrogen-bond acceptors (Lipinski definition) is 7. The van der Waals surface area contributed by atoms with Crippen molar-refractivity contribution in [2.24, 2.45) is 0 Å². The second-order valence-corrected chi connectivity index (χ2v) is 9.91. The first-order valence-corrected chi connectivity index (χ1v) is 13.2. The number of methoxy groups -OCH3 is 3. The summed E-state index contributed by atoms with van der Waals surface area (Å²) in [4.78, 5) is 28.7. The summed E-state index contributed by atoms with van der Waals surface area (Å²) in [6.07, 6.45) is 1.64. The molecule has 1 fully saturated rings. The molecule has 0 aromatic heterocycles. The van der Waals surface area contributed by atoms with Gasteiger partial charge in [0.2, 0.25) is 0 Å². The van der Waals surface area contributed by atoms with Crippen molar-refractivity contribution < 1.29 is 28.5 Å².